The Morgan fingerprint density at radius 3 is 2.69 bits per heavy atom. The lowest BCUT2D eigenvalue weighted by Crippen LogP contribution is -2.38. The van der Waals surface area contributed by atoms with Crippen LogP contribution in [-0.4, -0.2) is 29.3 Å². The summed E-state index contributed by atoms with van der Waals surface area (Å²) in [6.07, 6.45) is 1.57. The van der Waals surface area contributed by atoms with Crippen LogP contribution in [0.4, 0.5) is 10.5 Å². The first-order chi connectivity index (χ1) is 12.4. The van der Waals surface area contributed by atoms with E-state index < -0.39 is 17.8 Å². The van der Waals surface area contributed by atoms with Gasteiger partial charge in [-0.05, 0) is 42.3 Å². The van der Waals surface area contributed by atoms with E-state index in [-0.39, 0.29) is 12.2 Å². The molecule has 0 saturated carbocycles. The largest absolute Gasteiger partial charge is 0.329 e. The number of benzene rings is 2. The van der Waals surface area contributed by atoms with Crippen molar-refractivity contribution in [3.05, 3.63) is 69.8 Å². The van der Waals surface area contributed by atoms with Crippen LogP contribution in [0.15, 0.2) is 58.7 Å². The molecule has 0 aliphatic carbocycles. The fraction of sp³-hybridized carbons (Fsp3) is 0.105. The maximum atomic E-state index is 12.5. The number of nitrogens with zero attached hydrogens (tertiary/aromatic N) is 1. The van der Waals surface area contributed by atoms with Gasteiger partial charge in [0.15, 0.2) is 0 Å². The van der Waals surface area contributed by atoms with Crippen molar-refractivity contribution in [3.8, 4) is 0 Å². The number of amides is 4. The minimum Gasteiger partial charge on any atom is -0.325 e. The molecule has 0 bridgehead atoms. The summed E-state index contributed by atoms with van der Waals surface area (Å²) in [7, 11) is 0. The van der Waals surface area contributed by atoms with Gasteiger partial charge >= 0.3 is 6.03 Å². The van der Waals surface area contributed by atoms with Gasteiger partial charge in [0, 0.05) is 10.2 Å². The summed E-state index contributed by atoms with van der Waals surface area (Å²) >= 11 is 3.39. The standard InChI is InChI=1S/C19H16BrN3O3/c1-12-5-4-7-14(9-12)21-17(24)11-23-18(25)16(22-19(23)26)10-13-6-2-3-8-15(13)20/h2-10H,11H2,1H3,(H,21,24)(H,22,26)/b16-10+. The van der Waals surface area contributed by atoms with E-state index in [9.17, 15) is 14.4 Å². The number of aryl methyl sites for hydroxylation is 1. The van der Waals surface area contributed by atoms with E-state index in [0.717, 1.165) is 20.5 Å². The lowest BCUT2D eigenvalue weighted by atomic mass is 10.2. The van der Waals surface area contributed by atoms with Crippen molar-refractivity contribution in [1.82, 2.24) is 10.2 Å². The van der Waals surface area contributed by atoms with Gasteiger partial charge in [0.2, 0.25) is 5.91 Å². The molecule has 0 unspecified atom stereocenters. The molecule has 7 heteroatoms. The molecule has 0 radical (unpaired) electrons. The molecule has 1 aliphatic heterocycles. The van der Waals surface area contributed by atoms with Crippen molar-refractivity contribution in [2.45, 2.75) is 6.92 Å². The monoisotopic (exact) mass is 413 g/mol. The Balaban J connectivity index is 1.71. The molecule has 1 saturated heterocycles. The van der Waals surface area contributed by atoms with Crippen molar-refractivity contribution < 1.29 is 14.4 Å². The Hall–Kier alpha value is -2.93. The number of imide groups is 1. The Morgan fingerprint density at radius 1 is 1.19 bits per heavy atom. The van der Waals surface area contributed by atoms with Crippen LogP contribution in [0.5, 0.6) is 0 Å². The van der Waals surface area contributed by atoms with Gasteiger partial charge in [0.25, 0.3) is 5.91 Å². The van der Waals surface area contributed by atoms with Crippen LogP contribution < -0.4 is 10.6 Å². The predicted molar refractivity (Wildman–Crippen MR) is 102 cm³/mol. The summed E-state index contributed by atoms with van der Waals surface area (Å²) in [5.41, 5.74) is 2.50. The SMILES string of the molecule is Cc1cccc(NC(=O)CN2C(=O)N/C(=C/c3ccccc3Br)C2=O)c1. The third-order valence-electron chi connectivity index (χ3n) is 3.77. The van der Waals surface area contributed by atoms with E-state index in [0.29, 0.717) is 5.69 Å². The average Bonchev–Trinajstić information content (AvgIpc) is 2.84. The Morgan fingerprint density at radius 2 is 1.96 bits per heavy atom. The molecule has 2 aromatic carbocycles. The summed E-state index contributed by atoms with van der Waals surface area (Å²) in [5, 5.41) is 5.19. The number of carbonyl (C=O) groups is 3. The van der Waals surface area contributed by atoms with Gasteiger partial charge in [0.05, 0.1) is 0 Å². The molecule has 0 atom stereocenters. The van der Waals surface area contributed by atoms with E-state index in [1.54, 1.807) is 12.1 Å². The van der Waals surface area contributed by atoms with Gasteiger partial charge in [-0.1, -0.05) is 46.3 Å². The molecular formula is C19H16BrN3O3. The van der Waals surface area contributed by atoms with Gasteiger partial charge in [-0.2, -0.15) is 0 Å². The van der Waals surface area contributed by atoms with Crippen molar-refractivity contribution in [3.63, 3.8) is 0 Å². The predicted octanol–water partition coefficient (Wildman–Crippen LogP) is 3.29. The highest BCUT2D eigenvalue weighted by Gasteiger charge is 2.35. The van der Waals surface area contributed by atoms with Gasteiger partial charge < -0.3 is 10.6 Å². The minimum atomic E-state index is -0.618. The zero-order valence-electron chi connectivity index (χ0n) is 14.0. The highest BCUT2D eigenvalue weighted by atomic mass is 79.9. The first-order valence-corrected chi connectivity index (χ1v) is 8.69. The van der Waals surface area contributed by atoms with Crippen LogP contribution in [0.1, 0.15) is 11.1 Å². The van der Waals surface area contributed by atoms with Crippen molar-refractivity contribution in [2.75, 3.05) is 11.9 Å². The Bertz CT molecular complexity index is 924. The molecule has 4 amide bonds. The van der Waals surface area contributed by atoms with Gasteiger partial charge in [-0.25, -0.2) is 9.69 Å². The number of hydrogen-bond acceptors (Lipinski definition) is 3. The lowest BCUT2D eigenvalue weighted by Gasteiger charge is -2.12. The number of carbonyl (C=O) groups excluding carboxylic acids is 3. The first kappa shape index (κ1) is 17.9. The number of halogens is 1. The third kappa shape index (κ3) is 4.00. The van der Waals surface area contributed by atoms with E-state index in [4.69, 9.17) is 0 Å². The van der Waals surface area contributed by atoms with Gasteiger partial charge in [-0.15, -0.1) is 0 Å². The maximum Gasteiger partial charge on any atom is 0.329 e. The van der Waals surface area contributed by atoms with Gasteiger partial charge in [0.1, 0.15) is 12.2 Å². The molecule has 1 aliphatic rings. The second kappa shape index (κ2) is 7.53. The van der Waals surface area contributed by atoms with E-state index in [1.165, 1.54) is 0 Å². The highest BCUT2D eigenvalue weighted by Crippen LogP contribution is 2.21. The third-order valence-corrected chi connectivity index (χ3v) is 4.49. The number of rotatable bonds is 4. The number of anilines is 1. The first-order valence-electron chi connectivity index (χ1n) is 7.89. The summed E-state index contributed by atoms with van der Waals surface area (Å²) in [6, 6.07) is 14.0. The van der Waals surface area contributed by atoms with Gasteiger partial charge in [-0.3, -0.25) is 9.59 Å². The molecule has 2 N–H and O–H groups in total. The molecule has 0 aromatic heterocycles. The number of urea groups is 1. The molecule has 26 heavy (non-hydrogen) atoms. The fourth-order valence-corrected chi connectivity index (χ4v) is 2.93. The van der Waals surface area contributed by atoms with Crippen LogP contribution in [-0.2, 0) is 9.59 Å². The lowest BCUT2D eigenvalue weighted by molar-refractivity contribution is -0.127. The summed E-state index contributed by atoms with van der Waals surface area (Å²) in [5.74, 6) is -0.980. The average molecular weight is 414 g/mol. The summed E-state index contributed by atoms with van der Waals surface area (Å²) in [4.78, 5) is 37.6. The topological polar surface area (TPSA) is 78.5 Å². The summed E-state index contributed by atoms with van der Waals surface area (Å²) in [6.45, 7) is 1.55. The molecule has 0 spiro atoms. The molecule has 6 nitrogen and oxygen atoms in total. The van der Waals surface area contributed by atoms with Crippen molar-refractivity contribution >= 4 is 45.5 Å². The second-order valence-corrected chi connectivity index (χ2v) is 6.67. The Kier molecular flexibility index (Phi) is 5.18. The van der Waals surface area contributed by atoms with Crippen LogP contribution in [0.2, 0.25) is 0 Å². The van der Waals surface area contributed by atoms with Crippen LogP contribution in [0.3, 0.4) is 0 Å². The number of hydrogen-bond donors (Lipinski definition) is 2. The molecule has 1 heterocycles. The normalized spacial score (nSPS) is 15.3. The van der Waals surface area contributed by atoms with Crippen molar-refractivity contribution in [1.29, 1.82) is 0 Å². The zero-order chi connectivity index (χ0) is 18.7. The molecule has 1 fully saturated rings. The van der Waals surface area contributed by atoms with Crippen LogP contribution >= 0.6 is 15.9 Å². The van der Waals surface area contributed by atoms with Crippen LogP contribution in [0, 0.1) is 6.92 Å². The second-order valence-electron chi connectivity index (χ2n) is 5.82. The maximum absolute atomic E-state index is 12.5. The van der Waals surface area contributed by atoms with Crippen LogP contribution in [0.25, 0.3) is 6.08 Å². The molecule has 2 aromatic rings. The molecular weight excluding hydrogens is 398 g/mol. The highest BCUT2D eigenvalue weighted by molar-refractivity contribution is 9.10. The fourth-order valence-electron chi connectivity index (χ4n) is 2.53. The summed E-state index contributed by atoms with van der Waals surface area (Å²) < 4.78 is 0.796. The van der Waals surface area contributed by atoms with E-state index in [2.05, 4.69) is 26.6 Å². The minimum absolute atomic E-state index is 0.130. The molecule has 132 valence electrons. The Labute approximate surface area is 159 Å². The van der Waals surface area contributed by atoms with Crippen molar-refractivity contribution in [2.24, 2.45) is 0 Å². The van der Waals surface area contributed by atoms with E-state index in [1.807, 2.05) is 49.4 Å². The zero-order valence-corrected chi connectivity index (χ0v) is 15.5. The number of nitrogens with one attached hydrogen (secondary N) is 2. The molecule has 3 rings (SSSR count). The smallest absolute Gasteiger partial charge is 0.325 e. The van der Waals surface area contributed by atoms with E-state index >= 15 is 0 Å². The quantitative estimate of drug-likeness (QED) is 0.596.